The van der Waals surface area contributed by atoms with Gasteiger partial charge in [-0.2, -0.15) is 0 Å². The Kier molecular flexibility index (Phi) is 3.93. The smallest absolute Gasteiger partial charge is 0.161 e. The summed E-state index contributed by atoms with van der Waals surface area (Å²) >= 11 is 0. The van der Waals surface area contributed by atoms with Crippen molar-refractivity contribution in [1.29, 1.82) is 0 Å². The Morgan fingerprint density at radius 2 is 1.87 bits per heavy atom. The van der Waals surface area contributed by atoms with Crippen LogP contribution in [0.5, 0.6) is 11.5 Å². The molecule has 2 nitrogen and oxygen atoms in total. The van der Waals surface area contributed by atoms with Crippen molar-refractivity contribution in [3.8, 4) is 11.5 Å². The maximum absolute atomic E-state index is 10.9. The molecule has 1 aromatic carbocycles. The van der Waals surface area contributed by atoms with Gasteiger partial charge in [0.15, 0.2) is 11.5 Å². The van der Waals surface area contributed by atoms with Crippen LogP contribution in [-0.4, -0.2) is 10.2 Å². The molecule has 2 atom stereocenters. The highest BCUT2D eigenvalue weighted by atomic mass is 16.3. The van der Waals surface area contributed by atoms with Crippen molar-refractivity contribution in [2.24, 2.45) is 11.3 Å². The van der Waals surface area contributed by atoms with Gasteiger partial charge in [-0.3, -0.25) is 0 Å². The number of hydrogen-bond donors (Lipinski definition) is 2. The van der Waals surface area contributed by atoms with Crippen molar-refractivity contribution < 1.29 is 10.2 Å². The first-order valence-electron chi connectivity index (χ1n) is 9.32. The lowest BCUT2D eigenvalue weighted by atomic mass is 9.48. The first-order chi connectivity index (χ1) is 10.7. The predicted octanol–water partition coefficient (Wildman–Crippen LogP) is 5.64. The molecule has 2 heteroatoms. The largest absolute Gasteiger partial charge is 0.504 e. The van der Waals surface area contributed by atoms with Crippen LogP contribution in [0.3, 0.4) is 0 Å². The van der Waals surface area contributed by atoms with Gasteiger partial charge >= 0.3 is 0 Å². The first-order valence-corrected chi connectivity index (χ1v) is 9.32. The summed E-state index contributed by atoms with van der Waals surface area (Å²) in [7, 11) is 0. The number of benzene rings is 1. The average molecular weight is 316 g/mol. The van der Waals surface area contributed by atoms with Crippen LogP contribution in [0.25, 0.3) is 0 Å². The maximum atomic E-state index is 10.9. The summed E-state index contributed by atoms with van der Waals surface area (Å²) in [4.78, 5) is 0. The van der Waals surface area contributed by atoms with Gasteiger partial charge in [-0.05, 0) is 54.9 Å². The molecule has 1 fully saturated rings. The van der Waals surface area contributed by atoms with E-state index in [1.807, 2.05) is 0 Å². The number of hydrogen-bond acceptors (Lipinski definition) is 2. The highest BCUT2D eigenvalue weighted by Crippen LogP contribution is 2.61. The van der Waals surface area contributed by atoms with Crippen LogP contribution < -0.4 is 0 Å². The van der Waals surface area contributed by atoms with Crippen molar-refractivity contribution in [2.75, 3.05) is 0 Å². The Labute approximate surface area is 140 Å². The molecule has 23 heavy (non-hydrogen) atoms. The number of fused-ring (bicyclic) bond motifs is 3. The summed E-state index contributed by atoms with van der Waals surface area (Å²) in [5.41, 5.74) is 3.59. The van der Waals surface area contributed by atoms with Crippen LogP contribution in [0.15, 0.2) is 6.07 Å². The lowest BCUT2D eigenvalue weighted by Gasteiger charge is -2.56. The average Bonchev–Trinajstić information content (AvgIpc) is 2.49. The van der Waals surface area contributed by atoms with Gasteiger partial charge in [0, 0.05) is 16.5 Å². The van der Waals surface area contributed by atoms with E-state index in [-0.39, 0.29) is 22.8 Å². The molecular formula is C21H32O2. The summed E-state index contributed by atoms with van der Waals surface area (Å²) in [5, 5.41) is 21.5. The van der Waals surface area contributed by atoms with Crippen molar-refractivity contribution in [1.82, 2.24) is 0 Å². The fraction of sp³-hybridized carbons (Fsp3) is 0.714. The lowest BCUT2D eigenvalue weighted by Crippen LogP contribution is -2.49. The Hall–Kier alpha value is -1.18. The number of rotatable bonds is 2. The van der Waals surface area contributed by atoms with Crippen LogP contribution in [0, 0.1) is 11.3 Å². The maximum Gasteiger partial charge on any atom is 0.161 e. The Balaban J connectivity index is 2.24. The molecule has 0 aliphatic heterocycles. The fourth-order valence-electron chi connectivity index (χ4n) is 5.75. The molecule has 2 aliphatic rings. The van der Waals surface area contributed by atoms with E-state index in [1.54, 1.807) is 0 Å². The van der Waals surface area contributed by atoms with E-state index < -0.39 is 0 Å². The number of phenolic OH excluding ortho intramolecular Hbond substituents is 2. The van der Waals surface area contributed by atoms with Gasteiger partial charge in [0.25, 0.3) is 0 Å². The fourth-order valence-corrected chi connectivity index (χ4v) is 5.75. The second-order valence-electron chi connectivity index (χ2n) is 8.79. The molecule has 0 bridgehead atoms. The van der Waals surface area contributed by atoms with Crippen LogP contribution >= 0.6 is 0 Å². The monoisotopic (exact) mass is 316 g/mol. The third-order valence-electron chi connectivity index (χ3n) is 6.89. The third kappa shape index (κ3) is 2.28. The molecule has 0 radical (unpaired) electrons. The van der Waals surface area contributed by atoms with Gasteiger partial charge in [0.1, 0.15) is 0 Å². The molecule has 2 N–H and O–H groups in total. The molecule has 1 saturated carbocycles. The summed E-state index contributed by atoms with van der Waals surface area (Å²) in [5.74, 6) is 1.12. The molecule has 0 saturated heterocycles. The van der Waals surface area contributed by atoms with E-state index in [1.165, 1.54) is 24.8 Å². The Morgan fingerprint density at radius 1 is 1.17 bits per heavy atom. The number of phenols is 2. The third-order valence-corrected chi connectivity index (χ3v) is 6.89. The van der Waals surface area contributed by atoms with E-state index in [0.29, 0.717) is 11.3 Å². The number of aromatic hydroxyl groups is 2. The molecule has 0 heterocycles. The molecule has 0 unspecified atom stereocenters. The van der Waals surface area contributed by atoms with Crippen LogP contribution in [0.4, 0.5) is 0 Å². The Bertz CT molecular complexity index is 615. The molecular weight excluding hydrogens is 284 g/mol. The van der Waals surface area contributed by atoms with E-state index in [2.05, 4.69) is 40.7 Å². The predicted molar refractivity (Wildman–Crippen MR) is 95.3 cm³/mol. The minimum Gasteiger partial charge on any atom is -0.504 e. The van der Waals surface area contributed by atoms with Crippen molar-refractivity contribution in [3.63, 3.8) is 0 Å². The van der Waals surface area contributed by atoms with Crippen molar-refractivity contribution in [2.45, 2.75) is 84.5 Å². The van der Waals surface area contributed by atoms with Gasteiger partial charge in [-0.1, -0.05) is 47.1 Å². The molecule has 1 aromatic rings. The van der Waals surface area contributed by atoms with Gasteiger partial charge in [-0.25, -0.2) is 0 Å². The standard InChI is InChI=1S/C21H32O2/c1-6-21-11-7-10-20(4,5)16(21)9-8-14-12-15(13(2)3)18(22)19(23)17(14)21/h12-13,16,22-23H,6-11H2,1-5H3/t16-,21-/m0/s1. The second-order valence-corrected chi connectivity index (χ2v) is 8.79. The Morgan fingerprint density at radius 3 is 2.48 bits per heavy atom. The van der Waals surface area contributed by atoms with Gasteiger partial charge in [-0.15, -0.1) is 0 Å². The van der Waals surface area contributed by atoms with Crippen molar-refractivity contribution >= 4 is 0 Å². The summed E-state index contributed by atoms with van der Waals surface area (Å²) in [6.45, 7) is 11.2. The SMILES string of the molecule is CC[C@]12CCCC(C)(C)[C@@H]1CCc1cc(C(C)C)c(O)c(O)c12. The molecule has 0 spiro atoms. The summed E-state index contributed by atoms with van der Waals surface area (Å²) < 4.78 is 0. The topological polar surface area (TPSA) is 40.5 Å². The summed E-state index contributed by atoms with van der Waals surface area (Å²) in [6.07, 6.45) is 6.89. The molecule has 0 amide bonds. The second kappa shape index (κ2) is 5.43. The first kappa shape index (κ1) is 16.7. The van der Waals surface area contributed by atoms with E-state index in [4.69, 9.17) is 0 Å². The molecule has 0 aromatic heterocycles. The van der Waals surface area contributed by atoms with Crippen LogP contribution in [0.2, 0.25) is 0 Å². The minimum atomic E-state index is 0.0341. The zero-order valence-electron chi connectivity index (χ0n) is 15.4. The van der Waals surface area contributed by atoms with Gasteiger partial charge < -0.3 is 10.2 Å². The highest BCUT2D eigenvalue weighted by molar-refractivity contribution is 5.59. The quantitative estimate of drug-likeness (QED) is 0.693. The normalized spacial score (nSPS) is 29.2. The zero-order valence-corrected chi connectivity index (χ0v) is 15.4. The van der Waals surface area contributed by atoms with Gasteiger partial charge in [0.2, 0.25) is 0 Å². The molecule has 2 aliphatic carbocycles. The van der Waals surface area contributed by atoms with Crippen LogP contribution in [0.1, 0.15) is 89.3 Å². The lowest BCUT2D eigenvalue weighted by molar-refractivity contribution is 0.0255. The zero-order chi connectivity index (χ0) is 17.0. The summed E-state index contributed by atoms with van der Waals surface area (Å²) in [6, 6.07) is 2.17. The van der Waals surface area contributed by atoms with E-state index in [0.717, 1.165) is 30.4 Å². The molecule has 128 valence electrons. The van der Waals surface area contributed by atoms with E-state index >= 15 is 0 Å². The number of aryl methyl sites for hydroxylation is 1. The van der Waals surface area contributed by atoms with Gasteiger partial charge in [0.05, 0.1) is 0 Å². The van der Waals surface area contributed by atoms with Crippen LogP contribution in [-0.2, 0) is 11.8 Å². The molecule has 3 rings (SSSR count). The highest BCUT2D eigenvalue weighted by Gasteiger charge is 2.53. The minimum absolute atomic E-state index is 0.0341. The van der Waals surface area contributed by atoms with E-state index in [9.17, 15) is 10.2 Å². The van der Waals surface area contributed by atoms with Crippen molar-refractivity contribution in [3.05, 3.63) is 22.8 Å².